The monoisotopic (exact) mass is 364 g/mol. The van der Waals surface area contributed by atoms with E-state index in [1.54, 1.807) is 0 Å². The fraction of sp³-hybridized carbons (Fsp3) is 0.500. The van der Waals surface area contributed by atoms with Gasteiger partial charge in [-0.2, -0.15) is 0 Å². The zero-order valence-corrected chi connectivity index (χ0v) is 13.4. The number of hydrogen-bond acceptors (Lipinski definition) is 3. The third kappa shape index (κ3) is 4.58. The van der Waals surface area contributed by atoms with Gasteiger partial charge in [0, 0.05) is 21.0 Å². The highest BCUT2D eigenvalue weighted by Crippen LogP contribution is 2.31. The fourth-order valence-corrected chi connectivity index (χ4v) is 2.54. The zero-order chi connectivity index (χ0) is 13.2. The lowest BCUT2D eigenvalue weighted by atomic mass is 10.1. The average molecular weight is 366 g/mol. The minimum Gasteiger partial charge on any atom is -0.397 e. The maximum atomic E-state index is 10.1. The molecule has 0 amide bonds. The first kappa shape index (κ1) is 15.0. The molecule has 0 aliphatic rings. The predicted molar refractivity (Wildman–Crippen MR) is 79.0 cm³/mol. The van der Waals surface area contributed by atoms with Gasteiger partial charge in [-0.3, -0.25) is 0 Å². The van der Waals surface area contributed by atoms with E-state index < -0.39 is 6.10 Å². The molecule has 0 aromatic heterocycles. The lowest BCUT2D eigenvalue weighted by molar-refractivity contribution is 0.163. The summed E-state index contributed by atoms with van der Waals surface area (Å²) in [6.45, 7) is 6.70. The van der Waals surface area contributed by atoms with E-state index in [2.05, 4.69) is 57.9 Å². The maximum absolute atomic E-state index is 10.1. The first-order valence-electron chi connectivity index (χ1n) is 5.38. The highest BCUT2D eigenvalue weighted by atomic mass is 79.9. The summed E-state index contributed by atoms with van der Waals surface area (Å²) in [7, 11) is 0. The van der Waals surface area contributed by atoms with Gasteiger partial charge < -0.3 is 16.2 Å². The van der Waals surface area contributed by atoms with Crippen molar-refractivity contribution in [3.63, 3.8) is 0 Å². The van der Waals surface area contributed by atoms with Crippen molar-refractivity contribution in [3.05, 3.63) is 26.6 Å². The Kier molecular flexibility index (Phi) is 5.01. The van der Waals surface area contributed by atoms with Crippen molar-refractivity contribution in [2.24, 2.45) is 0 Å². The van der Waals surface area contributed by atoms with Crippen LogP contribution in [0.5, 0.6) is 0 Å². The van der Waals surface area contributed by atoms with Crippen molar-refractivity contribution < 1.29 is 5.11 Å². The number of nitrogen functional groups attached to an aromatic ring is 1. The molecule has 0 fully saturated rings. The summed E-state index contributed by atoms with van der Waals surface area (Å²) in [6.07, 6.45) is -0.553. The van der Waals surface area contributed by atoms with Crippen molar-refractivity contribution in [2.45, 2.75) is 32.4 Å². The van der Waals surface area contributed by atoms with Gasteiger partial charge in [0.1, 0.15) is 0 Å². The van der Waals surface area contributed by atoms with Crippen LogP contribution in [0.2, 0.25) is 0 Å². The number of hydrogen-bond donors (Lipinski definition) is 3. The van der Waals surface area contributed by atoms with Crippen LogP contribution >= 0.6 is 31.9 Å². The quantitative estimate of drug-likeness (QED) is 0.721. The van der Waals surface area contributed by atoms with Crippen LogP contribution in [-0.4, -0.2) is 17.2 Å². The van der Waals surface area contributed by atoms with Gasteiger partial charge in [-0.25, -0.2) is 0 Å². The third-order valence-corrected chi connectivity index (χ3v) is 3.62. The van der Waals surface area contributed by atoms with Crippen molar-refractivity contribution in [3.8, 4) is 0 Å². The number of anilines is 1. The molecule has 0 radical (unpaired) electrons. The molecule has 0 heterocycles. The summed E-state index contributed by atoms with van der Waals surface area (Å²) < 4.78 is 1.58. The van der Waals surface area contributed by atoms with Crippen LogP contribution in [0.15, 0.2) is 21.1 Å². The highest BCUT2D eigenvalue weighted by Gasteiger charge is 2.15. The Labute approximate surface area is 119 Å². The summed E-state index contributed by atoms with van der Waals surface area (Å²) in [4.78, 5) is 0. The SMILES string of the molecule is CC(C)(C)NCC(O)c1cc(Br)c(N)c(Br)c1. The molecular formula is C12H18Br2N2O. The zero-order valence-electron chi connectivity index (χ0n) is 10.2. The molecule has 96 valence electrons. The van der Waals surface area contributed by atoms with E-state index >= 15 is 0 Å². The number of β-amino-alcohol motifs (C(OH)–C–C–N with tert-alkyl or cyclic N) is 1. The van der Waals surface area contributed by atoms with Gasteiger partial charge in [-0.15, -0.1) is 0 Å². The third-order valence-electron chi connectivity index (χ3n) is 2.31. The second kappa shape index (κ2) is 5.69. The molecule has 0 aliphatic carbocycles. The predicted octanol–water partition coefficient (Wildman–Crippen LogP) is 3.22. The van der Waals surface area contributed by atoms with Crippen LogP contribution in [0.3, 0.4) is 0 Å². The van der Waals surface area contributed by atoms with E-state index in [4.69, 9.17) is 5.73 Å². The molecule has 5 heteroatoms. The Morgan fingerprint density at radius 2 is 1.76 bits per heavy atom. The fourth-order valence-electron chi connectivity index (χ4n) is 1.32. The summed E-state index contributed by atoms with van der Waals surface area (Å²) in [5.74, 6) is 0. The van der Waals surface area contributed by atoms with Crippen LogP contribution in [0, 0.1) is 0 Å². The molecule has 1 aromatic carbocycles. The Bertz CT molecular complexity index is 379. The normalized spacial score (nSPS) is 13.8. The van der Waals surface area contributed by atoms with Crippen LogP contribution in [0.4, 0.5) is 5.69 Å². The number of benzene rings is 1. The number of aliphatic hydroxyl groups is 1. The van der Waals surface area contributed by atoms with E-state index in [-0.39, 0.29) is 5.54 Å². The van der Waals surface area contributed by atoms with Crippen molar-refractivity contribution in [1.82, 2.24) is 5.32 Å². The summed E-state index contributed by atoms with van der Waals surface area (Å²) in [5, 5.41) is 13.3. The van der Waals surface area contributed by atoms with Gasteiger partial charge in [-0.1, -0.05) is 0 Å². The molecule has 4 N–H and O–H groups in total. The number of rotatable bonds is 3. The molecule has 0 aliphatic heterocycles. The van der Waals surface area contributed by atoms with Crippen LogP contribution in [-0.2, 0) is 0 Å². The number of nitrogens with two attached hydrogens (primary N) is 1. The van der Waals surface area contributed by atoms with Gasteiger partial charge in [0.05, 0.1) is 11.8 Å². The molecule has 0 spiro atoms. The van der Waals surface area contributed by atoms with Gasteiger partial charge in [0.25, 0.3) is 0 Å². The van der Waals surface area contributed by atoms with Crippen LogP contribution in [0.1, 0.15) is 32.4 Å². The van der Waals surface area contributed by atoms with Crippen LogP contribution < -0.4 is 11.1 Å². The maximum Gasteiger partial charge on any atom is 0.0915 e. The Morgan fingerprint density at radius 1 is 1.29 bits per heavy atom. The smallest absolute Gasteiger partial charge is 0.0915 e. The minimum absolute atomic E-state index is 0.0107. The van der Waals surface area contributed by atoms with Gasteiger partial charge >= 0.3 is 0 Å². The number of nitrogens with one attached hydrogen (secondary N) is 1. The number of halogens is 2. The van der Waals surface area contributed by atoms with Gasteiger partial charge in [-0.05, 0) is 70.3 Å². The van der Waals surface area contributed by atoms with E-state index in [9.17, 15) is 5.11 Å². The van der Waals surface area contributed by atoms with Crippen molar-refractivity contribution >= 4 is 37.5 Å². The first-order chi connectivity index (χ1) is 7.70. The second-order valence-corrected chi connectivity index (χ2v) is 6.75. The molecule has 0 saturated heterocycles. The van der Waals surface area contributed by atoms with Gasteiger partial charge in [0.2, 0.25) is 0 Å². The number of aliphatic hydroxyl groups excluding tert-OH is 1. The lowest BCUT2D eigenvalue weighted by Gasteiger charge is -2.23. The summed E-state index contributed by atoms with van der Waals surface area (Å²) in [5.41, 5.74) is 7.26. The average Bonchev–Trinajstić information content (AvgIpc) is 2.20. The molecule has 0 saturated carbocycles. The molecule has 3 nitrogen and oxygen atoms in total. The largest absolute Gasteiger partial charge is 0.397 e. The highest BCUT2D eigenvalue weighted by molar-refractivity contribution is 9.11. The molecule has 17 heavy (non-hydrogen) atoms. The standard InChI is InChI=1S/C12H18Br2N2O/c1-12(2,3)16-6-10(17)7-4-8(13)11(15)9(14)5-7/h4-5,10,16-17H,6,15H2,1-3H3. The van der Waals surface area contributed by atoms with Crippen molar-refractivity contribution in [2.75, 3.05) is 12.3 Å². The summed E-state index contributed by atoms with van der Waals surface area (Å²) in [6, 6.07) is 3.68. The second-order valence-electron chi connectivity index (χ2n) is 5.04. The minimum atomic E-state index is -0.553. The molecule has 1 aromatic rings. The topological polar surface area (TPSA) is 58.3 Å². The van der Waals surface area contributed by atoms with E-state index in [0.29, 0.717) is 12.2 Å². The molecule has 1 rings (SSSR count). The van der Waals surface area contributed by atoms with Crippen LogP contribution in [0.25, 0.3) is 0 Å². The summed E-state index contributed by atoms with van der Waals surface area (Å²) >= 11 is 6.74. The van der Waals surface area contributed by atoms with E-state index in [1.807, 2.05) is 12.1 Å². The Hall–Kier alpha value is -0.100. The van der Waals surface area contributed by atoms with E-state index in [1.165, 1.54) is 0 Å². The molecule has 0 bridgehead atoms. The lowest BCUT2D eigenvalue weighted by Crippen LogP contribution is -2.38. The Balaban J connectivity index is 2.79. The van der Waals surface area contributed by atoms with Crippen molar-refractivity contribution in [1.29, 1.82) is 0 Å². The molecule has 1 atom stereocenters. The molecule has 1 unspecified atom stereocenters. The van der Waals surface area contributed by atoms with Gasteiger partial charge in [0.15, 0.2) is 0 Å². The molecular weight excluding hydrogens is 348 g/mol. The van der Waals surface area contributed by atoms with E-state index in [0.717, 1.165) is 14.5 Å². The Morgan fingerprint density at radius 3 is 2.18 bits per heavy atom. The first-order valence-corrected chi connectivity index (χ1v) is 6.97.